The second kappa shape index (κ2) is 7.07. The average molecular weight is 433 g/mol. The van der Waals surface area contributed by atoms with Crippen molar-refractivity contribution in [3.05, 3.63) is 65.2 Å². The summed E-state index contributed by atoms with van der Waals surface area (Å²) in [4.78, 5) is 30.2. The molecule has 2 aromatic carbocycles. The number of hydrogen-bond donors (Lipinski definition) is 1. The fourth-order valence-corrected chi connectivity index (χ4v) is 5.77. The van der Waals surface area contributed by atoms with Crippen molar-refractivity contribution in [2.24, 2.45) is 0 Å². The maximum absolute atomic E-state index is 13.6. The van der Waals surface area contributed by atoms with E-state index in [-0.39, 0.29) is 18.0 Å². The minimum Gasteiger partial charge on any atom is -0.449 e. The summed E-state index contributed by atoms with van der Waals surface area (Å²) in [6.45, 7) is 2.77. The van der Waals surface area contributed by atoms with Crippen LogP contribution in [-0.4, -0.2) is 54.2 Å². The summed E-state index contributed by atoms with van der Waals surface area (Å²) < 4.78 is 5.83. The largest absolute Gasteiger partial charge is 0.449 e. The number of nitrogens with zero attached hydrogens (tertiary/aromatic N) is 2. The Balaban J connectivity index is 1.20. The van der Waals surface area contributed by atoms with Crippen molar-refractivity contribution in [1.29, 1.82) is 0 Å². The summed E-state index contributed by atoms with van der Waals surface area (Å²) in [7, 11) is 0. The summed E-state index contributed by atoms with van der Waals surface area (Å²) in [5.41, 5.74) is 2.64. The van der Waals surface area contributed by atoms with Gasteiger partial charge >= 0.3 is 5.97 Å². The molecule has 1 saturated carbocycles. The minimum absolute atomic E-state index is 0.156. The Hall–Kier alpha value is -2.86. The number of anilines is 1. The third kappa shape index (κ3) is 2.96. The normalized spacial score (nSPS) is 26.3. The van der Waals surface area contributed by atoms with Gasteiger partial charge in [-0.25, -0.2) is 4.79 Å². The van der Waals surface area contributed by atoms with Gasteiger partial charge < -0.3 is 19.6 Å². The van der Waals surface area contributed by atoms with Crippen molar-refractivity contribution in [3.8, 4) is 0 Å². The number of likely N-dealkylation sites (tertiary alicyclic amines) is 1. The van der Waals surface area contributed by atoms with E-state index < -0.39 is 11.0 Å². The third-order valence-electron chi connectivity index (χ3n) is 7.85. The molecule has 1 amide bonds. The number of carbonyl (C=O) groups excluding carboxylic acids is 2. The number of amides is 1. The van der Waals surface area contributed by atoms with Crippen molar-refractivity contribution >= 4 is 17.6 Å². The molecule has 0 aromatic heterocycles. The maximum atomic E-state index is 13.6. The summed E-state index contributed by atoms with van der Waals surface area (Å²) in [6, 6.07) is 16.0. The van der Waals surface area contributed by atoms with Crippen LogP contribution in [0.3, 0.4) is 0 Å². The molecule has 6 heteroatoms. The molecule has 1 atom stereocenters. The lowest BCUT2D eigenvalue weighted by molar-refractivity contribution is -0.134. The van der Waals surface area contributed by atoms with Gasteiger partial charge in [0, 0.05) is 37.3 Å². The number of aliphatic hydroxyl groups excluding tert-OH is 1. The van der Waals surface area contributed by atoms with E-state index in [0.717, 1.165) is 55.6 Å². The monoisotopic (exact) mass is 432 g/mol. The average Bonchev–Trinajstić information content (AvgIpc) is 3.46. The van der Waals surface area contributed by atoms with Crippen molar-refractivity contribution in [2.75, 3.05) is 31.1 Å². The Labute approximate surface area is 187 Å². The van der Waals surface area contributed by atoms with Crippen molar-refractivity contribution in [2.45, 2.75) is 49.2 Å². The molecule has 1 N–H and O–H groups in total. The predicted molar refractivity (Wildman–Crippen MR) is 120 cm³/mol. The molecule has 0 bridgehead atoms. The maximum Gasteiger partial charge on any atom is 0.339 e. The lowest BCUT2D eigenvalue weighted by Gasteiger charge is -2.32. The highest BCUT2D eigenvalue weighted by Gasteiger charge is 2.57. The smallest absolute Gasteiger partial charge is 0.339 e. The van der Waals surface area contributed by atoms with Crippen molar-refractivity contribution in [1.82, 2.24) is 4.90 Å². The van der Waals surface area contributed by atoms with Gasteiger partial charge in [-0.3, -0.25) is 4.79 Å². The van der Waals surface area contributed by atoms with Crippen LogP contribution in [0.5, 0.6) is 0 Å². The zero-order valence-electron chi connectivity index (χ0n) is 18.1. The summed E-state index contributed by atoms with van der Waals surface area (Å²) in [5.74, 6) is -0.125. The Kier molecular flexibility index (Phi) is 4.37. The second-order valence-corrected chi connectivity index (χ2v) is 9.75. The van der Waals surface area contributed by atoms with Gasteiger partial charge in [0.15, 0.2) is 5.60 Å². The van der Waals surface area contributed by atoms with Crippen LogP contribution >= 0.6 is 0 Å². The number of piperidine rings is 1. The van der Waals surface area contributed by atoms with Crippen molar-refractivity contribution < 1.29 is 19.4 Å². The number of carbonyl (C=O) groups is 2. The fourth-order valence-electron chi connectivity index (χ4n) is 5.77. The number of benzene rings is 2. The van der Waals surface area contributed by atoms with Crippen LogP contribution < -0.4 is 4.90 Å². The molecule has 3 heterocycles. The number of rotatable bonds is 3. The van der Waals surface area contributed by atoms with E-state index in [1.807, 2.05) is 29.2 Å². The molecule has 3 aliphatic heterocycles. The summed E-state index contributed by atoms with van der Waals surface area (Å²) in [5, 5.41) is 9.75. The van der Waals surface area contributed by atoms with Crippen molar-refractivity contribution in [3.63, 3.8) is 0 Å². The van der Waals surface area contributed by atoms with Gasteiger partial charge in [-0.15, -0.1) is 0 Å². The first kappa shape index (κ1) is 19.8. The number of esters is 1. The molecule has 166 valence electrons. The molecule has 2 aromatic rings. The second-order valence-electron chi connectivity index (χ2n) is 9.75. The zero-order valence-corrected chi connectivity index (χ0v) is 18.1. The molecule has 32 heavy (non-hydrogen) atoms. The highest BCUT2D eigenvalue weighted by atomic mass is 16.6. The molecular weight excluding hydrogens is 404 g/mol. The minimum atomic E-state index is -0.692. The van der Waals surface area contributed by atoms with E-state index in [4.69, 9.17) is 4.74 Å². The molecule has 0 unspecified atom stereocenters. The van der Waals surface area contributed by atoms with Gasteiger partial charge in [0.05, 0.1) is 23.6 Å². The summed E-state index contributed by atoms with van der Waals surface area (Å²) in [6.07, 6.45) is 3.79. The lowest BCUT2D eigenvalue weighted by atomic mass is 9.91. The Bertz CT molecular complexity index is 1070. The van der Waals surface area contributed by atoms with Crippen LogP contribution in [0.1, 0.15) is 53.6 Å². The quantitative estimate of drug-likeness (QED) is 0.756. The highest BCUT2D eigenvalue weighted by Crippen LogP contribution is 2.52. The molecule has 0 radical (unpaired) electrons. The SMILES string of the molecule is O=C1O[C@]2(CCN(C(=O)C3(c4ccc(N5CCC(O)CC5)cc4)CC3)C2)c2ccccc21. The van der Waals surface area contributed by atoms with E-state index in [1.54, 1.807) is 0 Å². The fraction of sp³-hybridized carbons (Fsp3) is 0.462. The van der Waals surface area contributed by atoms with Gasteiger partial charge in [-0.1, -0.05) is 30.3 Å². The number of fused-ring (bicyclic) bond motifs is 2. The number of hydrogen-bond acceptors (Lipinski definition) is 5. The number of ether oxygens (including phenoxy) is 1. The predicted octanol–water partition coefficient (Wildman–Crippen LogP) is 2.98. The van der Waals surface area contributed by atoms with E-state index in [2.05, 4.69) is 29.2 Å². The van der Waals surface area contributed by atoms with E-state index >= 15 is 0 Å². The van der Waals surface area contributed by atoms with Gasteiger partial charge in [0.1, 0.15) is 0 Å². The van der Waals surface area contributed by atoms with Crippen LogP contribution in [0, 0.1) is 0 Å². The Morgan fingerprint density at radius 2 is 1.69 bits per heavy atom. The van der Waals surface area contributed by atoms with Gasteiger partial charge in [0.25, 0.3) is 0 Å². The van der Waals surface area contributed by atoms with E-state index in [1.165, 1.54) is 0 Å². The molecule has 4 aliphatic rings. The highest BCUT2D eigenvalue weighted by molar-refractivity contribution is 5.96. The van der Waals surface area contributed by atoms with Crippen LogP contribution in [-0.2, 0) is 20.5 Å². The zero-order chi connectivity index (χ0) is 21.9. The van der Waals surface area contributed by atoms with Crippen LogP contribution in [0.15, 0.2) is 48.5 Å². The topological polar surface area (TPSA) is 70.1 Å². The first-order chi connectivity index (χ1) is 15.5. The number of aliphatic hydroxyl groups is 1. The van der Waals surface area contributed by atoms with Crippen LogP contribution in [0.25, 0.3) is 0 Å². The molecule has 3 fully saturated rings. The molecule has 2 saturated heterocycles. The molecule has 6 rings (SSSR count). The van der Waals surface area contributed by atoms with Gasteiger partial charge in [0.2, 0.25) is 5.91 Å². The molecular formula is C26H28N2O4. The van der Waals surface area contributed by atoms with Gasteiger partial charge in [-0.05, 0) is 49.4 Å². The third-order valence-corrected chi connectivity index (χ3v) is 7.85. The van der Waals surface area contributed by atoms with Crippen LogP contribution in [0.4, 0.5) is 5.69 Å². The van der Waals surface area contributed by atoms with E-state index in [0.29, 0.717) is 25.1 Å². The molecule has 6 nitrogen and oxygen atoms in total. The van der Waals surface area contributed by atoms with E-state index in [9.17, 15) is 14.7 Å². The Morgan fingerprint density at radius 3 is 2.41 bits per heavy atom. The lowest BCUT2D eigenvalue weighted by Crippen LogP contribution is -2.40. The first-order valence-corrected chi connectivity index (χ1v) is 11.7. The van der Waals surface area contributed by atoms with Gasteiger partial charge in [-0.2, -0.15) is 0 Å². The molecule has 1 spiro atoms. The Morgan fingerprint density at radius 1 is 0.969 bits per heavy atom. The first-order valence-electron chi connectivity index (χ1n) is 11.7. The van der Waals surface area contributed by atoms with Crippen LogP contribution in [0.2, 0.25) is 0 Å². The summed E-state index contributed by atoms with van der Waals surface area (Å²) >= 11 is 0. The standard InChI is InChI=1S/C26H28N2O4/c29-20-9-14-27(15-10-20)19-7-5-18(6-8-19)25(11-12-25)24(31)28-16-13-26(17-28)22-4-2-1-3-21(22)23(30)32-26/h1-8,20,29H,9-17H2/t26-/m0/s1. The molecule has 1 aliphatic carbocycles.